The zero-order chi connectivity index (χ0) is 13.7. The fraction of sp³-hybridized carbons (Fsp3) is 0.600. The Bertz CT molecular complexity index is 407. The average Bonchev–Trinajstić information content (AvgIpc) is 2.45. The Morgan fingerprint density at radius 2 is 2.37 bits per heavy atom. The maximum Gasteiger partial charge on any atom is 0.319 e. The van der Waals surface area contributed by atoms with Crippen LogP contribution >= 0.6 is 0 Å². The second kappa shape index (κ2) is 6.55. The van der Waals surface area contributed by atoms with Crippen LogP contribution in [0, 0.1) is 5.92 Å². The van der Waals surface area contributed by atoms with Crippen LogP contribution in [-0.2, 0) is 6.42 Å². The van der Waals surface area contributed by atoms with Gasteiger partial charge in [0.1, 0.15) is 0 Å². The van der Waals surface area contributed by atoms with E-state index in [1.54, 1.807) is 6.20 Å². The third kappa shape index (κ3) is 3.94. The number of hydrogen-bond acceptors (Lipinski definition) is 2. The van der Waals surface area contributed by atoms with E-state index in [9.17, 15) is 4.79 Å². The lowest BCUT2D eigenvalue weighted by atomic mass is 10.0. The number of rotatable bonds is 3. The van der Waals surface area contributed by atoms with Crippen molar-refractivity contribution in [1.82, 2.24) is 14.8 Å². The van der Waals surface area contributed by atoms with Crippen molar-refractivity contribution in [2.45, 2.75) is 26.2 Å². The minimum absolute atomic E-state index is 0.155. The summed E-state index contributed by atoms with van der Waals surface area (Å²) < 4.78 is 0. The van der Waals surface area contributed by atoms with E-state index in [0.717, 1.165) is 38.2 Å². The van der Waals surface area contributed by atoms with Crippen LogP contribution in [0.1, 0.15) is 25.5 Å². The lowest BCUT2D eigenvalue weighted by Gasteiger charge is -2.34. The van der Waals surface area contributed by atoms with E-state index in [-0.39, 0.29) is 6.03 Å². The van der Waals surface area contributed by atoms with Gasteiger partial charge in [-0.2, -0.15) is 0 Å². The number of amides is 2. The molecule has 1 aliphatic rings. The van der Waals surface area contributed by atoms with Gasteiger partial charge in [0.05, 0.1) is 0 Å². The molecule has 0 aliphatic carbocycles. The van der Waals surface area contributed by atoms with Gasteiger partial charge in [0.25, 0.3) is 0 Å². The summed E-state index contributed by atoms with van der Waals surface area (Å²) in [5, 5.41) is 0. The SMILES string of the molecule is CC1CCCN(C(=O)N(C)CCc2ccccn2)C1. The van der Waals surface area contributed by atoms with E-state index in [4.69, 9.17) is 0 Å². The van der Waals surface area contributed by atoms with Gasteiger partial charge in [0.2, 0.25) is 0 Å². The van der Waals surface area contributed by atoms with Gasteiger partial charge in [0.15, 0.2) is 0 Å². The Balaban J connectivity index is 1.82. The highest BCUT2D eigenvalue weighted by Gasteiger charge is 2.23. The molecule has 0 saturated carbocycles. The Morgan fingerprint density at radius 1 is 1.53 bits per heavy atom. The highest BCUT2D eigenvalue weighted by atomic mass is 16.2. The molecular formula is C15H23N3O. The molecule has 1 fully saturated rings. The number of piperidine rings is 1. The zero-order valence-corrected chi connectivity index (χ0v) is 11.9. The monoisotopic (exact) mass is 261 g/mol. The van der Waals surface area contributed by atoms with E-state index < -0.39 is 0 Å². The first-order chi connectivity index (χ1) is 9.16. The Hall–Kier alpha value is -1.58. The molecule has 0 N–H and O–H groups in total. The smallest absolute Gasteiger partial charge is 0.319 e. The summed E-state index contributed by atoms with van der Waals surface area (Å²) in [6.45, 7) is 4.73. The summed E-state index contributed by atoms with van der Waals surface area (Å²) in [6.07, 6.45) is 4.97. The molecule has 0 radical (unpaired) electrons. The summed E-state index contributed by atoms with van der Waals surface area (Å²) in [7, 11) is 1.88. The van der Waals surface area contributed by atoms with Crippen LogP contribution in [-0.4, -0.2) is 47.5 Å². The summed E-state index contributed by atoms with van der Waals surface area (Å²) >= 11 is 0. The molecule has 1 atom stereocenters. The van der Waals surface area contributed by atoms with Gasteiger partial charge in [-0.25, -0.2) is 4.79 Å². The highest BCUT2D eigenvalue weighted by molar-refractivity contribution is 5.74. The molecule has 1 aliphatic heterocycles. The summed E-state index contributed by atoms with van der Waals surface area (Å²) in [6, 6.07) is 6.05. The number of likely N-dealkylation sites (N-methyl/N-ethyl adjacent to an activating group) is 1. The molecule has 19 heavy (non-hydrogen) atoms. The van der Waals surface area contributed by atoms with Gasteiger partial charge < -0.3 is 9.80 Å². The maximum atomic E-state index is 12.3. The number of carbonyl (C=O) groups is 1. The third-order valence-electron chi connectivity index (χ3n) is 3.68. The highest BCUT2D eigenvalue weighted by Crippen LogP contribution is 2.16. The molecule has 4 heteroatoms. The zero-order valence-electron chi connectivity index (χ0n) is 11.9. The van der Waals surface area contributed by atoms with Gasteiger partial charge in [-0.1, -0.05) is 13.0 Å². The largest absolute Gasteiger partial charge is 0.327 e. The molecule has 1 saturated heterocycles. The van der Waals surface area contributed by atoms with E-state index in [1.165, 1.54) is 6.42 Å². The molecule has 1 unspecified atom stereocenters. The Kier molecular flexibility index (Phi) is 4.77. The Labute approximate surface area is 115 Å². The molecule has 0 aromatic carbocycles. The second-order valence-corrected chi connectivity index (χ2v) is 5.47. The van der Waals surface area contributed by atoms with E-state index >= 15 is 0 Å². The van der Waals surface area contributed by atoms with Crippen molar-refractivity contribution in [2.75, 3.05) is 26.7 Å². The van der Waals surface area contributed by atoms with Crippen molar-refractivity contribution >= 4 is 6.03 Å². The molecule has 0 spiro atoms. The molecular weight excluding hydrogens is 238 g/mol. The molecule has 2 rings (SSSR count). The van der Waals surface area contributed by atoms with Crippen LogP contribution in [0.4, 0.5) is 4.79 Å². The van der Waals surface area contributed by atoms with Crippen molar-refractivity contribution < 1.29 is 4.79 Å². The average molecular weight is 261 g/mol. The first-order valence-electron chi connectivity index (χ1n) is 7.07. The fourth-order valence-electron chi connectivity index (χ4n) is 2.53. The van der Waals surface area contributed by atoms with Crippen molar-refractivity contribution in [3.8, 4) is 0 Å². The first-order valence-corrected chi connectivity index (χ1v) is 7.07. The molecule has 4 nitrogen and oxygen atoms in total. The number of aromatic nitrogens is 1. The van der Waals surface area contributed by atoms with Crippen LogP contribution < -0.4 is 0 Å². The van der Waals surface area contributed by atoms with Crippen LogP contribution in [0.25, 0.3) is 0 Å². The molecule has 2 heterocycles. The number of carbonyl (C=O) groups excluding carboxylic acids is 1. The van der Waals surface area contributed by atoms with Crippen LogP contribution in [0.5, 0.6) is 0 Å². The summed E-state index contributed by atoms with van der Waals surface area (Å²) in [4.78, 5) is 20.4. The molecule has 1 aromatic heterocycles. The fourth-order valence-corrected chi connectivity index (χ4v) is 2.53. The quantitative estimate of drug-likeness (QED) is 0.837. The van der Waals surface area contributed by atoms with Crippen molar-refractivity contribution in [3.63, 3.8) is 0 Å². The minimum Gasteiger partial charge on any atom is -0.327 e. The number of likely N-dealkylation sites (tertiary alicyclic amines) is 1. The molecule has 1 aromatic rings. The van der Waals surface area contributed by atoms with E-state index in [1.807, 2.05) is 35.0 Å². The predicted molar refractivity (Wildman–Crippen MR) is 75.9 cm³/mol. The second-order valence-electron chi connectivity index (χ2n) is 5.47. The minimum atomic E-state index is 0.155. The van der Waals surface area contributed by atoms with Crippen molar-refractivity contribution in [2.24, 2.45) is 5.92 Å². The maximum absolute atomic E-state index is 12.3. The number of nitrogens with zero attached hydrogens (tertiary/aromatic N) is 3. The molecule has 0 bridgehead atoms. The van der Waals surface area contributed by atoms with Crippen LogP contribution in [0.3, 0.4) is 0 Å². The van der Waals surface area contributed by atoms with Crippen LogP contribution in [0.15, 0.2) is 24.4 Å². The summed E-state index contributed by atoms with van der Waals surface area (Å²) in [5.41, 5.74) is 1.04. The van der Waals surface area contributed by atoms with Gasteiger partial charge >= 0.3 is 6.03 Å². The van der Waals surface area contributed by atoms with Crippen molar-refractivity contribution in [1.29, 1.82) is 0 Å². The van der Waals surface area contributed by atoms with E-state index in [2.05, 4.69) is 11.9 Å². The summed E-state index contributed by atoms with van der Waals surface area (Å²) in [5.74, 6) is 0.627. The first kappa shape index (κ1) is 13.8. The number of hydrogen-bond donors (Lipinski definition) is 0. The van der Waals surface area contributed by atoms with Gasteiger partial charge in [-0.15, -0.1) is 0 Å². The van der Waals surface area contributed by atoms with E-state index in [0.29, 0.717) is 5.92 Å². The molecule has 104 valence electrons. The van der Waals surface area contributed by atoms with Crippen LogP contribution in [0.2, 0.25) is 0 Å². The number of urea groups is 1. The normalized spacial score (nSPS) is 19.3. The topological polar surface area (TPSA) is 36.4 Å². The van der Waals surface area contributed by atoms with Crippen molar-refractivity contribution in [3.05, 3.63) is 30.1 Å². The number of pyridine rings is 1. The third-order valence-corrected chi connectivity index (χ3v) is 3.68. The van der Waals surface area contributed by atoms with Gasteiger partial charge in [-0.3, -0.25) is 4.98 Å². The predicted octanol–water partition coefficient (Wildman–Crippen LogP) is 2.41. The Morgan fingerprint density at radius 3 is 3.05 bits per heavy atom. The van der Waals surface area contributed by atoms with Gasteiger partial charge in [0, 0.05) is 45.0 Å². The molecule has 2 amide bonds. The standard InChI is InChI=1S/C15H23N3O/c1-13-6-5-10-18(12-13)15(19)17(2)11-8-14-7-3-4-9-16-14/h3-4,7,9,13H,5-6,8,10-12H2,1-2H3. The lowest BCUT2D eigenvalue weighted by Crippen LogP contribution is -2.46. The lowest BCUT2D eigenvalue weighted by molar-refractivity contribution is 0.140. The van der Waals surface area contributed by atoms with Gasteiger partial charge in [-0.05, 0) is 30.9 Å².